The Labute approximate surface area is 125 Å². The summed E-state index contributed by atoms with van der Waals surface area (Å²) in [5.74, 6) is -0.331. The van der Waals surface area contributed by atoms with E-state index in [1.165, 1.54) is 0 Å². The van der Waals surface area contributed by atoms with Crippen LogP contribution in [0.1, 0.15) is 41.7 Å². The van der Waals surface area contributed by atoms with Crippen molar-refractivity contribution < 1.29 is 14.3 Å². The van der Waals surface area contributed by atoms with E-state index in [2.05, 4.69) is 4.98 Å². The van der Waals surface area contributed by atoms with E-state index >= 15 is 0 Å². The number of nitrogens with zero attached hydrogens (tertiary/aromatic N) is 2. The zero-order chi connectivity index (χ0) is 14.9. The van der Waals surface area contributed by atoms with E-state index in [1.807, 2.05) is 31.0 Å². The normalized spacial score (nSPS) is 21.6. The van der Waals surface area contributed by atoms with E-state index in [1.54, 1.807) is 6.20 Å². The Kier molecular flexibility index (Phi) is 3.95. The van der Waals surface area contributed by atoms with Crippen LogP contribution in [0.3, 0.4) is 0 Å². The van der Waals surface area contributed by atoms with Gasteiger partial charge in [0.1, 0.15) is 0 Å². The van der Waals surface area contributed by atoms with Gasteiger partial charge in [-0.1, -0.05) is 0 Å². The number of aromatic nitrogens is 1. The minimum absolute atomic E-state index is 0.0386. The van der Waals surface area contributed by atoms with Crippen LogP contribution < -0.4 is 0 Å². The van der Waals surface area contributed by atoms with Crippen LogP contribution in [0, 0.1) is 6.92 Å². The highest BCUT2D eigenvalue weighted by Gasteiger charge is 2.41. The molecule has 2 fully saturated rings. The quantitative estimate of drug-likeness (QED) is 0.837. The maximum absolute atomic E-state index is 12.5. The van der Waals surface area contributed by atoms with Gasteiger partial charge in [-0.3, -0.25) is 9.78 Å². The van der Waals surface area contributed by atoms with E-state index in [-0.39, 0.29) is 17.7 Å². The van der Waals surface area contributed by atoms with Crippen LogP contribution in [-0.2, 0) is 9.47 Å². The average Bonchev–Trinajstić information content (AvgIpc) is 2.96. The zero-order valence-corrected chi connectivity index (χ0v) is 12.7. The lowest BCUT2D eigenvalue weighted by atomic mass is 9.89. The van der Waals surface area contributed by atoms with E-state index in [4.69, 9.17) is 9.47 Å². The van der Waals surface area contributed by atoms with E-state index in [0.717, 1.165) is 31.4 Å². The summed E-state index contributed by atoms with van der Waals surface area (Å²) in [5.41, 5.74) is 1.57. The number of amides is 1. The summed E-state index contributed by atoms with van der Waals surface area (Å²) >= 11 is 0. The van der Waals surface area contributed by atoms with Gasteiger partial charge >= 0.3 is 0 Å². The molecule has 1 saturated heterocycles. The summed E-state index contributed by atoms with van der Waals surface area (Å²) in [7, 11) is 1.88. The van der Waals surface area contributed by atoms with Crippen molar-refractivity contribution in [1.82, 2.24) is 9.88 Å². The predicted molar refractivity (Wildman–Crippen MR) is 78.0 cm³/mol. The summed E-state index contributed by atoms with van der Waals surface area (Å²) in [6, 6.07) is 3.96. The Morgan fingerprint density at radius 1 is 1.29 bits per heavy atom. The number of carbonyl (C=O) groups is 1. The zero-order valence-electron chi connectivity index (χ0n) is 12.7. The Morgan fingerprint density at radius 3 is 2.52 bits per heavy atom. The smallest absolute Gasteiger partial charge is 0.255 e. The summed E-state index contributed by atoms with van der Waals surface area (Å²) in [6.07, 6.45) is 5.22. The van der Waals surface area contributed by atoms with Crippen molar-refractivity contribution in [1.29, 1.82) is 0 Å². The number of hydrogen-bond acceptors (Lipinski definition) is 4. The molecule has 1 aliphatic heterocycles. The van der Waals surface area contributed by atoms with Crippen LogP contribution in [0.5, 0.6) is 0 Å². The molecule has 5 nitrogen and oxygen atoms in total. The molecular formula is C16H22N2O3. The summed E-state index contributed by atoms with van der Waals surface area (Å²) in [4.78, 5) is 18.5. The number of ether oxygens (including phenoxy) is 2. The topological polar surface area (TPSA) is 51.7 Å². The lowest BCUT2D eigenvalue weighted by Crippen LogP contribution is -2.44. The highest BCUT2D eigenvalue weighted by Crippen LogP contribution is 2.37. The molecule has 5 heteroatoms. The van der Waals surface area contributed by atoms with Crippen molar-refractivity contribution in [2.45, 2.75) is 44.4 Å². The van der Waals surface area contributed by atoms with Crippen molar-refractivity contribution >= 4 is 5.91 Å². The third-order valence-corrected chi connectivity index (χ3v) is 4.56. The first-order valence-corrected chi connectivity index (χ1v) is 7.57. The van der Waals surface area contributed by atoms with Gasteiger partial charge in [0.15, 0.2) is 5.79 Å². The fourth-order valence-electron chi connectivity index (χ4n) is 3.18. The van der Waals surface area contributed by atoms with E-state index in [9.17, 15) is 4.79 Å². The number of hydrogen-bond donors (Lipinski definition) is 0. The second kappa shape index (κ2) is 5.73. The molecule has 2 heterocycles. The van der Waals surface area contributed by atoms with Crippen molar-refractivity contribution in [2.75, 3.05) is 20.3 Å². The molecule has 1 aliphatic carbocycles. The lowest BCUT2D eigenvalue weighted by molar-refractivity contribution is -0.182. The van der Waals surface area contributed by atoms with Gasteiger partial charge in [-0.25, -0.2) is 0 Å². The van der Waals surface area contributed by atoms with Gasteiger partial charge in [-0.2, -0.15) is 0 Å². The maximum Gasteiger partial charge on any atom is 0.255 e. The maximum atomic E-state index is 12.5. The van der Waals surface area contributed by atoms with Gasteiger partial charge in [0, 0.05) is 37.8 Å². The van der Waals surface area contributed by atoms with Crippen molar-refractivity contribution in [3.63, 3.8) is 0 Å². The first-order chi connectivity index (χ1) is 10.1. The van der Waals surface area contributed by atoms with Gasteiger partial charge in [0.2, 0.25) is 0 Å². The molecule has 2 aliphatic rings. The molecule has 114 valence electrons. The predicted octanol–water partition coefficient (Wildman–Crippen LogP) is 2.15. The molecule has 1 aromatic heterocycles. The molecule has 0 unspecified atom stereocenters. The van der Waals surface area contributed by atoms with Crippen molar-refractivity contribution in [2.24, 2.45) is 0 Å². The molecule has 1 amide bonds. The third kappa shape index (κ3) is 2.94. The second-order valence-corrected chi connectivity index (χ2v) is 5.94. The Morgan fingerprint density at radius 2 is 1.95 bits per heavy atom. The molecule has 0 radical (unpaired) electrons. The molecule has 3 rings (SSSR count). The monoisotopic (exact) mass is 290 g/mol. The molecule has 1 saturated carbocycles. The molecule has 1 spiro atoms. The van der Waals surface area contributed by atoms with Crippen molar-refractivity contribution in [3.8, 4) is 0 Å². The fourth-order valence-corrected chi connectivity index (χ4v) is 3.18. The SMILES string of the molecule is Cc1ccc(C(=O)N(C)C2CCC3(CC2)OCCO3)cn1. The third-order valence-electron chi connectivity index (χ3n) is 4.56. The standard InChI is InChI=1S/C16H22N2O3/c1-12-3-4-13(11-17-12)15(19)18(2)14-5-7-16(8-6-14)20-9-10-21-16/h3-4,11,14H,5-10H2,1-2H3. The average molecular weight is 290 g/mol. The number of aryl methyl sites for hydroxylation is 1. The van der Waals surface area contributed by atoms with Crippen LogP contribution in [-0.4, -0.2) is 47.9 Å². The highest BCUT2D eigenvalue weighted by molar-refractivity contribution is 5.93. The Bertz CT molecular complexity index is 499. The first kappa shape index (κ1) is 14.5. The molecular weight excluding hydrogens is 268 g/mol. The van der Waals surface area contributed by atoms with Crippen LogP contribution in [0.25, 0.3) is 0 Å². The van der Waals surface area contributed by atoms with Crippen LogP contribution in [0.2, 0.25) is 0 Å². The summed E-state index contributed by atoms with van der Waals surface area (Å²) in [6.45, 7) is 3.29. The molecule has 1 aromatic rings. The van der Waals surface area contributed by atoms with Gasteiger partial charge in [-0.15, -0.1) is 0 Å². The van der Waals surface area contributed by atoms with Crippen LogP contribution >= 0.6 is 0 Å². The number of rotatable bonds is 2. The summed E-state index contributed by atoms with van der Waals surface area (Å²) < 4.78 is 11.5. The molecule has 0 bridgehead atoms. The van der Waals surface area contributed by atoms with Gasteiger partial charge in [0.05, 0.1) is 18.8 Å². The lowest BCUT2D eigenvalue weighted by Gasteiger charge is -2.39. The largest absolute Gasteiger partial charge is 0.348 e. The molecule has 0 atom stereocenters. The van der Waals surface area contributed by atoms with E-state index < -0.39 is 0 Å². The summed E-state index contributed by atoms with van der Waals surface area (Å²) in [5, 5.41) is 0. The minimum atomic E-state index is -0.369. The van der Waals surface area contributed by atoms with E-state index in [0.29, 0.717) is 18.8 Å². The van der Waals surface area contributed by atoms with Crippen LogP contribution in [0.15, 0.2) is 18.3 Å². The first-order valence-electron chi connectivity index (χ1n) is 7.57. The van der Waals surface area contributed by atoms with Gasteiger partial charge in [-0.05, 0) is 31.9 Å². The van der Waals surface area contributed by atoms with Crippen molar-refractivity contribution in [3.05, 3.63) is 29.6 Å². The number of carbonyl (C=O) groups excluding carboxylic acids is 1. The van der Waals surface area contributed by atoms with Gasteiger partial charge in [0.25, 0.3) is 5.91 Å². The molecule has 0 aromatic carbocycles. The number of pyridine rings is 1. The van der Waals surface area contributed by atoms with Gasteiger partial charge < -0.3 is 14.4 Å². The molecule has 0 N–H and O–H groups in total. The Hall–Kier alpha value is -1.46. The molecule has 21 heavy (non-hydrogen) atoms. The second-order valence-electron chi connectivity index (χ2n) is 5.94. The highest BCUT2D eigenvalue weighted by atomic mass is 16.7. The minimum Gasteiger partial charge on any atom is -0.348 e. The Balaban J connectivity index is 1.62. The fraction of sp³-hybridized carbons (Fsp3) is 0.625. The van der Waals surface area contributed by atoms with Crippen LogP contribution in [0.4, 0.5) is 0 Å².